The molecular formula is C21H24N4OS. The van der Waals surface area contributed by atoms with Crippen LogP contribution in [0.5, 0.6) is 0 Å². The van der Waals surface area contributed by atoms with Crippen molar-refractivity contribution >= 4 is 33.3 Å². The van der Waals surface area contributed by atoms with E-state index in [1.165, 1.54) is 0 Å². The van der Waals surface area contributed by atoms with Gasteiger partial charge in [0.2, 0.25) is 5.91 Å². The smallest absolute Gasteiger partial charge is 0.239 e. The van der Waals surface area contributed by atoms with E-state index in [2.05, 4.69) is 22.8 Å². The Balaban J connectivity index is 1.78. The van der Waals surface area contributed by atoms with E-state index in [1.54, 1.807) is 11.3 Å². The molecule has 0 atom stereocenters. The van der Waals surface area contributed by atoms with Crippen LogP contribution in [0.2, 0.25) is 0 Å². The van der Waals surface area contributed by atoms with Gasteiger partial charge in [0.25, 0.3) is 0 Å². The van der Waals surface area contributed by atoms with Gasteiger partial charge in [0, 0.05) is 30.0 Å². The van der Waals surface area contributed by atoms with E-state index in [1.807, 2.05) is 44.0 Å². The van der Waals surface area contributed by atoms with E-state index in [-0.39, 0.29) is 18.5 Å². The highest BCUT2D eigenvalue weighted by atomic mass is 32.1. The predicted octanol–water partition coefficient (Wildman–Crippen LogP) is 4.20. The summed E-state index contributed by atoms with van der Waals surface area (Å²) in [6.07, 6.45) is 2.30. The van der Waals surface area contributed by atoms with Gasteiger partial charge in [-0.05, 0) is 32.3 Å². The quantitative estimate of drug-likeness (QED) is 0.696. The van der Waals surface area contributed by atoms with Crippen LogP contribution in [-0.2, 0) is 4.79 Å². The second-order valence-corrected chi connectivity index (χ2v) is 8.31. The molecule has 0 unspecified atom stereocenters. The van der Waals surface area contributed by atoms with Crippen LogP contribution in [0, 0.1) is 0 Å². The summed E-state index contributed by atoms with van der Waals surface area (Å²) in [5, 5.41) is 6.15. The number of thiophene rings is 1. The maximum Gasteiger partial charge on any atom is 0.239 e. The number of likely N-dealkylation sites (N-methyl/N-ethyl adjacent to an activating group) is 1. The van der Waals surface area contributed by atoms with Crippen LogP contribution >= 0.6 is 11.3 Å². The van der Waals surface area contributed by atoms with Crippen LogP contribution in [0.4, 0.5) is 5.82 Å². The Labute approximate surface area is 163 Å². The second kappa shape index (κ2) is 7.27. The molecule has 27 heavy (non-hydrogen) atoms. The molecule has 1 saturated carbocycles. The molecule has 0 aliphatic heterocycles. The van der Waals surface area contributed by atoms with Gasteiger partial charge in [-0.15, -0.1) is 11.3 Å². The van der Waals surface area contributed by atoms with Gasteiger partial charge in [-0.2, -0.15) is 0 Å². The van der Waals surface area contributed by atoms with Crippen LogP contribution in [0.25, 0.3) is 21.3 Å². The fourth-order valence-electron chi connectivity index (χ4n) is 3.23. The van der Waals surface area contributed by atoms with E-state index >= 15 is 0 Å². The molecular weight excluding hydrogens is 356 g/mol. The molecule has 5 nitrogen and oxygen atoms in total. The first kappa shape index (κ1) is 17.9. The third-order valence-electron chi connectivity index (χ3n) is 4.65. The summed E-state index contributed by atoms with van der Waals surface area (Å²) in [7, 11) is 1.94. The minimum Gasteiger partial charge on any atom is -0.352 e. The van der Waals surface area contributed by atoms with Gasteiger partial charge in [-0.25, -0.2) is 9.97 Å². The molecule has 0 bridgehead atoms. The molecule has 0 spiro atoms. The van der Waals surface area contributed by atoms with E-state index < -0.39 is 0 Å². The van der Waals surface area contributed by atoms with Gasteiger partial charge >= 0.3 is 0 Å². The maximum absolute atomic E-state index is 12.3. The molecule has 1 aromatic carbocycles. The van der Waals surface area contributed by atoms with Gasteiger partial charge in [-0.3, -0.25) is 4.79 Å². The molecule has 1 aliphatic rings. The number of carbonyl (C=O) groups excluding carboxylic acids is 1. The lowest BCUT2D eigenvalue weighted by Gasteiger charge is -2.21. The molecule has 0 radical (unpaired) electrons. The van der Waals surface area contributed by atoms with Crippen LogP contribution < -0.4 is 10.2 Å². The molecule has 1 fully saturated rings. The molecule has 1 N–H and O–H groups in total. The third-order valence-corrected chi connectivity index (χ3v) is 5.52. The summed E-state index contributed by atoms with van der Waals surface area (Å²) in [6, 6.07) is 10.4. The van der Waals surface area contributed by atoms with Crippen molar-refractivity contribution in [2.75, 3.05) is 18.5 Å². The minimum absolute atomic E-state index is 0.00345. The molecule has 1 aliphatic carbocycles. The number of anilines is 1. The third kappa shape index (κ3) is 3.81. The number of amides is 1. The van der Waals surface area contributed by atoms with Crippen LogP contribution in [0.15, 0.2) is 35.7 Å². The fourth-order valence-corrected chi connectivity index (χ4v) is 4.18. The summed E-state index contributed by atoms with van der Waals surface area (Å²) in [5.41, 5.74) is 2.27. The van der Waals surface area contributed by atoms with Crippen molar-refractivity contribution in [3.63, 3.8) is 0 Å². The topological polar surface area (TPSA) is 58.1 Å². The zero-order chi connectivity index (χ0) is 19.0. The molecule has 1 amide bonds. The SMILES string of the molecule is CC(C)NC(=O)CN(C)c1nc(C2CC2)nc2scc(-c3ccccc3)c12. The lowest BCUT2D eigenvalue weighted by Crippen LogP contribution is -2.39. The Kier molecular flexibility index (Phi) is 4.83. The average Bonchev–Trinajstić information content (AvgIpc) is 3.40. The number of hydrogen-bond acceptors (Lipinski definition) is 5. The van der Waals surface area contributed by atoms with Crippen LogP contribution in [0.1, 0.15) is 38.4 Å². The number of benzene rings is 1. The first-order valence-electron chi connectivity index (χ1n) is 9.38. The van der Waals surface area contributed by atoms with Gasteiger partial charge in [0.15, 0.2) is 0 Å². The summed E-state index contributed by atoms with van der Waals surface area (Å²) >= 11 is 1.65. The van der Waals surface area contributed by atoms with Gasteiger partial charge < -0.3 is 10.2 Å². The fraction of sp³-hybridized carbons (Fsp3) is 0.381. The number of aromatic nitrogens is 2. The lowest BCUT2D eigenvalue weighted by molar-refractivity contribution is -0.120. The second-order valence-electron chi connectivity index (χ2n) is 7.45. The molecule has 3 aromatic rings. The van der Waals surface area contributed by atoms with E-state index in [0.29, 0.717) is 5.92 Å². The van der Waals surface area contributed by atoms with Crippen molar-refractivity contribution in [1.82, 2.24) is 15.3 Å². The number of rotatable bonds is 6. The highest BCUT2D eigenvalue weighted by Gasteiger charge is 2.29. The van der Waals surface area contributed by atoms with E-state index in [4.69, 9.17) is 9.97 Å². The molecule has 2 aromatic heterocycles. The zero-order valence-electron chi connectivity index (χ0n) is 15.9. The van der Waals surface area contributed by atoms with Crippen molar-refractivity contribution in [3.05, 3.63) is 41.5 Å². The Hall–Kier alpha value is -2.47. The molecule has 0 saturated heterocycles. The highest BCUT2D eigenvalue weighted by Crippen LogP contribution is 2.43. The van der Waals surface area contributed by atoms with Gasteiger partial charge in [0.1, 0.15) is 16.5 Å². The monoisotopic (exact) mass is 380 g/mol. The van der Waals surface area contributed by atoms with Crippen LogP contribution in [0.3, 0.4) is 0 Å². The van der Waals surface area contributed by atoms with Crippen molar-refractivity contribution in [1.29, 1.82) is 0 Å². The summed E-state index contributed by atoms with van der Waals surface area (Å²) < 4.78 is 0. The number of nitrogens with zero attached hydrogens (tertiary/aromatic N) is 3. The Morgan fingerprint density at radius 3 is 2.67 bits per heavy atom. The predicted molar refractivity (Wildman–Crippen MR) is 111 cm³/mol. The summed E-state index contributed by atoms with van der Waals surface area (Å²) in [4.78, 5) is 25.0. The highest BCUT2D eigenvalue weighted by molar-refractivity contribution is 7.17. The molecule has 2 heterocycles. The average molecular weight is 381 g/mol. The van der Waals surface area contributed by atoms with Crippen molar-refractivity contribution in [3.8, 4) is 11.1 Å². The molecule has 4 rings (SSSR count). The normalized spacial score (nSPS) is 13.9. The first-order valence-corrected chi connectivity index (χ1v) is 10.3. The van der Waals surface area contributed by atoms with E-state index in [9.17, 15) is 4.79 Å². The number of hydrogen-bond donors (Lipinski definition) is 1. The minimum atomic E-state index is 0.00345. The van der Waals surface area contributed by atoms with Crippen molar-refractivity contribution in [2.45, 2.75) is 38.6 Å². The molecule has 140 valence electrons. The standard InChI is InChI=1S/C21H24N4OS/c1-13(2)22-17(26)11-25(3)20-18-16(14-7-5-4-6-8-14)12-27-21(18)24-19(23-20)15-9-10-15/h4-8,12-13,15H,9-11H2,1-3H3,(H,22,26). The van der Waals surface area contributed by atoms with Crippen molar-refractivity contribution in [2.24, 2.45) is 0 Å². The van der Waals surface area contributed by atoms with Crippen LogP contribution in [-0.4, -0.2) is 35.5 Å². The molecule has 6 heteroatoms. The maximum atomic E-state index is 12.3. The number of fused-ring (bicyclic) bond motifs is 1. The lowest BCUT2D eigenvalue weighted by atomic mass is 10.1. The van der Waals surface area contributed by atoms with Crippen molar-refractivity contribution < 1.29 is 4.79 Å². The van der Waals surface area contributed by atoms with Gasteiger partial charge in [0.05, 0.1) is 11.9 Å². The van der Waals surface area contributed by atoms with Gasteiger partial charge in [-0.1, -0.05) is 30.3 Å². The Morgan fingerprint density at radius 1 is 1.26 bits per heavy atom. The zero-order valence-corrected chi connectivity index (χ0v) is 16.7. The summed E-state index contributed by atoms with van der Waals surface area (Å²) in [5.74, 6) is 2.23. The number of carbonyl (C=O) groups is 1. The Morgan fingerprint density at radius 2 is 2.00 bits per heavy atom. The Bertz CT molecular complexity index is 963. The largest absolute Gasteiger partial charge is 0.352 e. The first-order chi connectivity index (χ1) is 13.0. The number of nitrogens with one attached hydrogen (secondary N) is 1. The summed E-state index contributed by atoms with van der Waals surface area (Å²) in [6.45, 7) is 4.22. The van der Waals surface area contributed by atoms with E-state index in [0.717, 1.165) is 45.8 Å².